The lowest BCUT2D eigenvalue weighted by Gasteiger charge is -2.25. The van der Waals surface area contributed by atoms with Crippen LogP contribution in [0.5, 0.6) is 5.75 Å². The molecule has 0 fully saturated rings. The van der Waals surface area contributed by atoms with E-state index in [1.54, 1.807) is 0 Å². The zero-order chi connectivity index (χ0) is 27.0. The zero-order valence-corrected chi connectivity index (χ0v) is 20.0. The Balaban J connectivity index is 1.73. The van der Waals surface area contributed by atoms with Crippen molar-refractivity contribution in [2.45, 2.75) is 44.8 Å². The minimum Gasteiger partial charge on any atom is -0.406 e. The van der Waals surface area contributed by atoms with Crippen LogP contribution in [0, 0.1) is 11.6 Å². The SMILES string of the molecule is CCc1cccc(CNC[C@H](O)[C@H](Cc2cc(F)cc(F)c2)NC(=O)c2cccc(OC(F)(F)F)c2)c1. The quantitative estimate of drug-likeness (QED) is 0.313. The first-order chi connectivity index (χ1) is 17.5. The van der Waals surface area contributed by atoms with E-state index in [4.69, 9.17) is 0 Å². The normalized spacial score (nSPS) is 13.2. The molecule has 0 aliphatic carbocycles. The van der Waals surface area contributed by atoms with Gasteiger partial charge in [0.1, 0.15) is 17.4 Å². The molecule has 3 N–H and O–H groups in total. The lowest BCUT2D eigenvalue weighted by molar-refractivity contribution is -0.274. The fourth-order valence-electron chi connectivity index (χ4n) is 3.82. The molecule has 3 aromatic carbocycles. The number of ether oxygens (including phenoxy) is 1. The Morgan fingerprint density at radius 2 is 1.62 bits per heavy atom. The summed E-state index contributed by atoms with van der Waals surface area (Å²) in [4.78, 5) is 12.8. The van der Waals surface area contributed by atoms with Crippen molar-refractivity contribution in [2.75, 3.05) is 6.54 Å². The number of hydrogen-bond acceptors (Lipinski definition) is 4. The Morgan fingerprint density at radius 3 is 2.30 bits per heavy atom. The molecule has 37 heavy (non-hydrogen) atoms. The second kappa shape index (κ2) is 12.6. The molecule has 0 heterocycles. The van der Waals surface area contributed by atoms with Gasteiger partial charge in [0.15, 0.2) is 0 Å². The Labute approximate surface area is 211 Å². The molecule has 3 rings (SSSR count). The first kappa shape index (κ1) is 28.1. The van der Waals surface area contributed by atoms with Gasteiger partial charge >= 0.3 is 6.36 Å². The third-order valence-electron chi connectivity index (χ3n) is 5.57. The van der Waals surface area contributed by atoms with Gasteiger partial charge in [-0.25, -0.2) is 8.78 Å². The summed E-state index contributed by atoms with van der Waals surface area (Å²) in [5.41, 5.74) is 2.18. The fraction of sp³-hybridized carbons (Fsp3) is 0.296. The Hall–Kier alpha value is -3.50. The third-order valence-corrected chi connectivity index (χ3v) is 5.57. The van der Waals surface area contributed by atoms with Crippen LogP contribution in [0.4, 0.5) is 22.0 Å². The number of aliphatic hydroxyl groups excluding tert-OH is 1. The minimum absolute atomic E-state index is 0.0241. The highest BCUT2D eigenvalue weighted by Crippen LogP contribution is 2.23. The summed E-state index contributed by atoms with van der Waals surface area (Å²) in [6.45, 7) is 2.48. The van der Waals surface area contributed by atoms with Crippen LogP contribution in [-0.4, -0.2) is 36.1 Å². The summed E-state index contributed by atoms with van der Waals surface area (Å²) >= 11 is 0. The van der Waals surface area contributed by atoms with E-state index in [0.717, 1.165) is 41.8 Å². The number of aliphatic hydroxyl groups is 1. The molecule has 0 saturated heterocycles. The maximum Gasteiger partial charge on any atom is 0.573 e. The summed E-state index contributed by atoms with van der Waals surface area (Å²) in [6, 6.07) is 14.2. The van der Waals surface area contributed by atoms with Gasteiger partial charge in [0.25, 0.3) is 5.91 Å². The van der Waals surface area contributed by atoms with Crippen LogP contribution in [0.3, 0.4) is 0 Å². The van der Waals surface area contributed by atoms with Crippen molar-refractivity contribution in [2.24, 2.45) is 0 Å². The van der Waals surface area contributed by atoms with Crippen LogP contribution >= 0.6 is 0 Å². The van der Waals surface area contributed by atoms with Crippen molar-refractivity contribution in [3.05, 3.63) is 101 Å². The third kappa shape index (κ3) is 9.14. The monoisotopic (exact) mass is 522 g/mol. The molecule has 0 spiro atoms. The maximum atomic E-state index is 13.7. The predicted octanol–water partition coefficient (Wildman–Crippen LogP) is 4.92. The highest BCUT2D eigenvalue weighted by atomic mass is 19.4. The van der Waals surface area contributed by atoms with Crippen LogP contribution in [0.1, 0.15) is 34.0 Å². The van der Waals surface area contributed by atoms with Crippen LogP contribution in [-0.2, 0) is 19.4 Å². The number of benzene rings is 3. The number of amides is 1. The van der Waals surface area contributed by atoms with E-state index >= 15 is 0 Å². The second-order valence-corrected chi connectivity index (χ2v) is 8.51. The molecule has 0 aliphatic rings. The summed E-state index contributed by atoms with van der Waals surface area (Å²) in [5, 5.41) is 16.5. The largest absolute Gasteiger partial charge is 0.573 e. The molecule has 0 aromatic heterocycles. The van der Waals surface area contributed by atoms with E-state index in [9.17, 15) is 31.9 Å². The van der Waals surface area contributed by atoms with Crippen molar-refractivity contribution in [1.29, 1.82) is 0 Å². The molecule has 5 nitrogen and oxygen atoms in total. The summed E-state index contributed by atoms with van der Waals surface area (Å²) in [5.74, 6) is -3.01. The Morgan fingerprint density at radius 1 is 0.946 bits per heavy atom. The molecular formula is C27H27F5N2O3. The topological polar surface area (TPSA) is 70.6 Å². The number of carbonyl (C=O) groups excluding carboxylic acids is 1. The van der Waals surface area contributed by atoms with E-state index in [-0.39, 0.29) is 24.1 Å². The molecule has 2 atom stereocenters. The molecule has 10 heteroatoms. The van der Waals surface area contributed by atoms with E-state index in [1.807, 2.05) is 31.2 Å². The van der Waals surface area contributed by atoms with E-state index < -0.39 is 41.8 Å². The van der Waals surface area contributed by atoms with Gasteiger partial charge in [-0.3, -0.25) is 4.79 Å². The fourth-order valence-corrected chi connectivity index (χ4v) is 3.82. The van der Waals surface area contributed by atoms with E-state index in [1.165, 1.54) is 12.1 Å². The van der Waals surface area contributed by atoms with Crippen molar-refractivity contribution in [3.8, 4) is 5.75 Å². The number of nitrogens with one attached hydrogen (secondary N) is 2. The molecule has 0 saturated carbocycles. The Kier molecular flexibility index (Phi) is 9.60. The number of carbonyl (C=O) groups is 1. The predicted molar refractivity (Wildman–Crippen MR) is 128 cm³/mol. The molecule has 3 aromatic rings. The summed E-state index contributed by atoms with van der Waals surface area (Å²) < 4.78 is 69.0. The standard InChI is InChI=1S/C27H27F5N2O3/c1-2-17-5-3-6-18(9-17)15-33-16-25(35)24(12-19-10-21(28)14-22(29)11-19)34-26(36)20-7-4-8-23(13-20)37-27(30,31)32/h3-11,13-14,24-25,33,35H,2,12,15-16H2,1H3,(H,34,36)/t24-,25-/m0/s1. The number of halogens is 5. The lowest BCUT2D eigenvalue weighted by atomic mass is 10.00. The number of hydrogen-bond donors (Lipinski definition) is 3. The van der Waals surface area contributed by atoms with Crippen LogP contribution in [0.25, 0.3) is 0 Å². The van der Waals surface area contributed by atoms with Gasteiger partial charge in [-0.2, -0.15) is 0 Å². The first-order valence-electron chi connectivity index (χ1n) is 11.6. The summed E-state index contributed by atoms with van der Waals surface area (Å²) in [6.07, 6.45) is -5.39. The van der Waals surface area contributed by atoms with Gasteiger partial charge in [-0.15, -0.1) is 13.2 Å². The average molecular weight is 523 g/mol. The Bertz CT molecular complexity index is 1180. The van der Waals surface area contributed by atoms with Crippen molar-refractivity contribution in [1.82, 2.24) is 10.6 Å². The zero-order valence-electron chi connectivity index (χ0n) is 20.0. The van der Waals surface area contributed by atoms with Crippen molar-refractivity contribution in [3.63, 3.8) is 0 Å². The van der Waals surface area contributed by atoms with Gasteiger partial charge in [-0.1, -0.05) is 37.3 Å². The van der Waals surface area contributed by atoms with Crippen molar-refractivity contribution < 1.29 is 36.6 Å². The number of rotatable bonds is 11. The highest BCUT2D eigenvalue weighted by Gasteiger charge is 2.31. The maximum absolute atomic E-state index is 13.7. The number of alkyl halides is 3. The van der Waals surface area contributed by atoms with Crippen molar-refractivity contribution >= 4 is 5.91 Å². The molecule has 198 valence electrons. The van der Waals surface area contributed by atoms with Gasteiger partial charge < -0.3 is 20.5 Å². The minimum atomic E-state index is -4.93. The molecule has 0 unspecified atom stereocenters. The molecule has 0 aliphatic heterocycles. The van der Waals surface area contributed by atoms with E-state index in [0.29, 0.717) is 12.6 Å². The molecule has 1 amide bonds. The van der Waals surface area contributed by atoms with Gasteiger partial charge in [0, 0.05) is 24.7 Å². The molecule has 0 radical (unpaired) electrons. The van der Waals surface area contributed by atoms with Gasteiger partial charge in [0.2, 0.25) is 0 Å². The van der Waals surface area contributed by atoms with Crippen LogP contribution in [0.15, 0.2) is 66.7 Å². The second-order valence-electron chi connectivity index (χ2n) is 8.51. The summed E-state index contributed by atoms with van der Waals surface area (Å²) in [7, 11) is 0. The number of aryl methyl sites for hydroxylation is 1. The lowest BCUT2D eigenvalue weighted by Crippen LogP contribution is -2.48. The average Bonchev–Trinajstić information content (AvgIpc) is 2.82. The van der Waals surface area contributed by atoms with Gasteiger partial charge in [0.05, 0.1) is 12.1 Å². The van der Waals surface area contributed by atoms with Crippen LogP contribution in [0.2, 0.25) is 0 Å². The highest BCUT2D eigenvalue weighted by molar-refractivity contribution is 5.94. The first-order valence-corrected chi connectivity index (χ1v) is 11.6. The van der Waals surface area contributed by atoms with Gasteiger partial charge in [-0.05, 0) is 59.9 Å². The smallest absolute Gasteiger partial charge is 0.406 e. The molecular weight excluding hydrogens is 495 g/mol. The molecule has 0 bridgehead atoms. The van der Waals surface area contributed by atoms with Crippen LogP contribution < -0.4 is 15.4 Å². The van der Waals surface area contributed by atoms with E-state index in [2.05, 4.69) is 15.4 Å².